The molecule has 0 saturated carbocycles. The van der Waals surface area contributed by atoms with Gasteiger partial charge in [0.1, 0.15) is 5.69 Å². The number of hydrogen-bond acceptors (Lipinski definition) is 8. The fourth-order valence-corrected chi connectivity index (χ4v) is 6.07. The van der Waals surface area contributed by atoms with Gasteiger partial charge in [-0.1, -0.05) is 30.3 Å². The van der Waals surface area contributed by atoms with E-state index in [1.165, 1.54) is 19.2 Å². The van der Waals surface area contributed by atoms with Gasteiger partial charge in [-0.15, -0.1) is 0 Å². The fourth-order valence-electron chi connectivity index (χ4n) is 6.07. The molecule has 0 spiro atoms. The van der Waals surface area contributed by atoms with Crippen molar-refractivity contribution >= 4 is 46.6 Å². The van der Waals surface area contributed by atoms with Crippen LogP contribution in [0.2, 0.25) is 0 Å². The predicted octanol–water partition coefficient (Wildman–Crippen LogP) is 3.53. The molecule has 48 heavy (non-hydrogen) atoms. The molecule has 250 valence electrons. The number of anilines is 2. The van der Waals surface area contributed by atoms with Crippen molar-refractivity contribution in [1.29, 1.82) is 10.8 Å². The van der Waals surface area contributed by atoms with Crippen LogP contribution in [0.3, 0.4) is 0 Å². The van der Waals surface area contributed by atoms with Crippen LogP contribution in [0.25, 0.3) is 5.57 Å². The number of aromatic nitrogens is 1. The number of pyridine rings is 1. The summed E-state index contributed by atoms with van der Waals surface area (Å²) in [6.07, 6.45) is 4.50. The van der Waals surface area contributed by atoms with Crippen molar-refractivity contribution in [2.45, 2.75) is 19.8 Å². The standard InChI is InChI=1S/C35H40FN9O3/c1-3-45(26-8-10-29(38)27(18-26)32(39)33-28(36)9-11-30(42-33)48-2)35(47)25-12-15-43(19-25)20-31(46)44-16-13-23(14-17-44)22-4-6-24(7-5-22)34(40)41-21-37/h4-11,13,18,21,25,39H,3,12,14-17,19-20,38H2,1-2H3,(H3,37,40,41)/t25-/m1/s1. The maximum Gasteiger partial charge on any atom is 0.237 e. The molecule has 0 aliphatic carbocycles. The van der Waals surface area contributed by atoms with E-state index in [2.05, 4.69) is 16.1 Å². The Morgan fingerprint density at radius 3 is 2.58 bits per heavy atom. The zero-order valence-electron chi connectivity index (χ0n) is 27.1. The SMILES string of the molecule is CCN(C(=O)[C@@H]1CCN(CC(=O)N2CC=C(c3ccc(C(=N)/N=C\N)cc3)CC2)C1)c1ccc(N)c(C(=N)c2nc(OC)ccc2F)c1. The van der Waals surface area contributed by atoms with Gasteiger partial charge in [0.05, 0.1) is 31.6 Å². The van der Waals surface area contributed by atoms with Crippen molar-refractivity contribution in [2.75, 3.05) is 57.0 Å². The molecule has 2 aliphatic rings. The average Bonchev–Trinajstić information content (AvgIpc) is 3.58. The normalized spacial score (nSPS) is 16.5. The molecule has 1 atom stereocenters. The summed E-state index contributed by atoms with van der Waals surface area (Å²) in [5.41, 5.74) is 15.0. The number of nitrogens with two attached hydrogens (primary N) is 2. The molecule has 2 aliphatic heterocycles. The van der Waals surface area contributed by atoms with Crippen molar-refractivity contribution in [3.8, 4) is 5.88 Å². The van der Waals surface area contributed by atoms with Crippen LogP contribution in [0.5, 0.6) is 5.88 Å². The number of ether oxygens (including phenoxy) is 1. The van der Waals surface area contributed by atoms with Crippen LogP contribution in [0.1, 0.15) is 42.1 Å². The Kier molecular flexibility index (Phi) is 10.6. The summed E-state index contributed by atoms with van der Waals surface area (Å²) in [6, 6.07) is 15.1. The minimum atomic E-state index is -0.682. The van der Waals surface area contributed by atoms with Gasteiger partial charge in [-0.25, -0.2) is 14.4 Å². The number of nitrogen functional groups attached to an aromatic ring is 1. The highest BCUT2D eigenvalue weighted by Gasteiger charge is 2.33. The third kappa shape index (κ3) is 7.41. The lowest BCUT2D eigenvalue weighted by molar-refractivity contribution is -0.132. The third-order valence-corrected chi connectivity index (χ3v) is 8.74. The zero-order valence-corrected chi connectivity index (χ0v) is 27.1. The molecule has 0 radical (unpaired) electrons. The van der Waals surface area contributed by atoms with E-state index in [1.807, 2.05) is 41.0 Å². The highest BCUT2D eigenvalue weighted by Crippen LogP contribution is 2.28. The Labute approximate surface area is 278 Å². The molecule has 1 fully saturated rings. The molecular formula is C35H40FN9O3. The molecule has 6 N–H and O–H groups in total. The molecule has 5 rings (SSSR count). The number of hydrogen-bond donors (Lipinski definition) is 4. The average molecular weight is 654 g/mol. The van der Waals surface area contributed by atoms with Crippen LogP contribution in [0.15, 0.2) is 65.7 Å². The number of halogens is 1. The second kappa shape index (κ2) is 15.0. The maximum atomic E-state index is 14.6. The van der Waals surface area contributed by atoms with Crippen LogP contribution in [0, 0.1) is 22.6 Å². The van der Waals surface area contributed by atoms with Crippen molar-refractivity contribution in [2.24, 2.45) is 16.6 Å². The Hall–Kier alpha value is -5.43. The highest BCUT2D eigenvalue weighted by molar-refractivity contribution is 6.14. The van der Waals surface area contributed by atoms with Crippen LogP contribution in [-0.2, 0) is 9.59 Å². The van der Waals surface area contributed by atoms with Gasteiger partial charge in [-0.2, -0.15) is 0 Å². The summed E-state index contributed by atoms with van der Waals surface area (Å²) in [5, 5.41) is 16.6. The first-order valence-electron chi connectivity index (χ1n) is 15.8. The number of nitrogens with zero attached hydrogens (tertiary/aromatic N) is 5. The van der Waals surface area contributed by atoms with Gasteiger partial charge in [0.15, 0.2) is 11.7 Å². The Morgan fingerprint density at radius 2 is 1.92 bits per heavy atom. The molecule has 1 saturated heterocycles. The number of methoxy groups -OCH3 is 1. The van der Waals surface area contributed by atoms with Crippen molar-refractivity contribution in [1.82, 2.24) is 14.8 Å². The maximum absolute atomic E-state index is 14.6. The molecule has 3 aromatic rings. The summed E-state index contributed by atoms with van der Waals surface area (Å²) in [6.45, 7) is 4.68. The van der Waals surface area contributed by atoms with Gasteiger partial charge >= 0.3 is 0 Å². The monoisotopic (exact) mass is 653 g/mol. The molecule has 2 aromatic carbocycles. The van der Waals surface area contributed by atoms with Gasteiger partial charge in [-0.3, -0.25) is 25.3 Å². The van der Waals surface area contributed by atoms with Crippen LogP contribution >= 0.6 is 0 Å². The van der Waals surface area contributed by atoms with Crippen molar-refractivity contribution in [3.63, 3.8) is 0 Å². The number of carbonyl (C=O) groups excluding carboxylic acids is 2. The number of benzene rings is 2. The largest absolute Gasteiger partial charge is 0.481 e. The molecule has 0 unspecified atom stereocenters. The first-order valence-corrected chi connectivity index (χ1v) is 15.8. The summed E-state index contributed by atoms with van der Waals surface area (Å²) >= 11 is 0. The van der Waals surface area contributed by atoms with E-state index < -0.39 is 5.82 Å². The molecule has 2 amide bonds. The Balaban J connectivity index is 1.19. The van der Waals surface area contributed by atoms with E-state index in [1.54, 1.807) is 23.1 Å². The van der Waals surface area contributed by atoms with E-state index >= 15 is 0 Å². The van der Waals surface area contributed by atoms with Crippen molar-refractivity contribution in [3.05, 3.63) is 88.9 Å². The molecule has 12 nitrogen and oxygen atoms in total. The van der Waals surface area contributed by atoms with Crippen LogP contribution < -0.4 is 21.1 Å². The van der Waals surface area contributed by atoms with E-state index in [9.17, 15) is 14.0 Å². The van der Waals surface area contributed by atoms with E-state index in [0.717, 1.165) is 23.9 Å². The first-order chi connectivity index (χ1) is 23.1. The number of nitrogens with one attached hydrogen (secondary N) is 2. The van der Waals surface area contributed by atoms with Crippen LogP contribution in [-0.4, -0.2) is 90.9 Å². The lowest BCUT2D eigenvalue weighted by Gasteiger charge is -2.29. The quantitative estimate of drug-likeness (QED) is 0.147. The zero-order chi connectivity index (χ0) is 34.4. The molecule has 0 bridgehead atoms. The van der Waals surface area contributed by atoms with E-state index in [-0.39, 0.29) is 58.6 Å². The smallest absolute Gasteiger partial charge is 0.237 e. The number of aliphatic imine (C=N–C) groups is 1. The minimum Gasteiger partial charge on any atom is -0.481 e. The number of rotatable bonds is 10. The Morgan fingerprint density at radius 1 is 1.15 bits per heavy atom. The number of amidine groups is 1. The lowest BCUT2D eigenvalue weighted by atomic mass is 9.98. The topological polar surface area (TPSA) is 178 Å². The Bertz CT molecular complexity index is 1770. The number of amides is 2. The highest BCUT2D eigenvalue weighted by atomic mass is 19.1. The second-order valence-corrected chi connectivity index (χ2v) is 11.7. The minimum absolute atomic E-state index is 0.0225. The van der Waals surface area contributed by atoms with Gasteiger partial charge in [0.25, 0.3) is 0 Å². The van der Waals surface area contributed by atoms with Gasteiger partial charge < -0.3 is 26.0 Å². The molecule has 1 aromatic heterocycles. The van der Waals surface area contributed by atoms with Crippen molar-refractivity contribution < 1.29 is 18.7 Å². The van der Waals surface area contributed by atoms with Gasteiger partial charge in [0.2, 0.25) is 17.7 Å². The summed E-state index contributed by atoms with van der Waals surface area (Å²) in [4.78, 5) is 40.4. The lowest BCUT2D eigenvalue weighted by Crippen LogP contribution is -2.42. The van der Waals surface area contributed by atoms with Gasteiger partial charge in [-0.05, 0) is 61.7 Å². The fraction of sp³-hybridized carbons (Fsp3) is 0.314. The van der Waals surface area contributed by atoms with Crippen LogP contribution in [0.4, 0.5) is 15.8 Å². The third-order valence-electron chi connectivity index (χ3n) is 8.74. The number of carbonyl (C=O) groups is 2. The van der Waals surface area contributed by atoms with E-state index in [0.29, 0.717) is 50.4 Å². The second-order valence-electron chi connectivity index (χ2n) is 11.7. The molecule has 3 heterocycles. The number of likely N-dealkylation sites (tertiary alicyclic amines) is 1. The van der Waals surface area contributed by atoms with Gasteiger partial charge in [0, 0.05) is 54.7 Å². The first kappa shape index (κ1) is 33.9. The summed E-state index contributed by atoms with van der Waals surface area (Å²) in [5.74, 6) is -0.774. The summed E-state index contributed by atoms with van der Waals surface area (Å²) in [7, 11) is 1.41. The molecule has 13 heteroatoms. The molecular weight excluding hydrogens is 613 g/mol. The predicted molar refractivity (Wildman–Crippen MR) is 185 cm³/mol. The summed E-state index contributed by atoms with van der Waals surface area (Å²) < 4.78 is 19.7. The van der Waals surface area contributed by atoms with E-state index in [4.69, 9.17) is 27.0 Å².